The zero-order valence-corrected chi connectivity index (χ0v) is 17.3. The third-order valence-electron chi connectivity index (χ3n) is 4.96. The van der Waals surface area contributed by atoms with Gasteiger partial charge in [-0.05, 0) is 40.6 Å². The standard InChI is InChI=1S/C22H22N2O5S/c1-2-24(30(26,27)19-9-8-17-5-3-4-6-18(17)12-19)14-22(25)23-13-16-7-10-20-21(11-16)29-15-28-20/h3-12H,2,13-15H2,1H3,(H,23,25). The van der Waals surface area contributed by atoms with Crippen LogP contribution in [0, 0.1) is 0 Å². The van der Waals surface area contributed by atoms with Crippen LogP contribution in [-0.2, 0) is 21.4 Å². The summed E-state index contributed by atoms with van der Waals surface area (Å²) in [4.78, 5) is 12.6. The van der Waals surface area contributed by atoms with Gasteiger partial charge in [0.25, 0.3) is 0 Å². The molecule has 1 heterocycles. The first-order valence-corrected chi connectivity index (χ1v) is 11.1. The Bertz CT molecular complexity index is 1190. The molecule has 0 saturated heterocycles. The lowest BCUT2D eigenvalue weighted by Crippen LogP contribution is -2.40. The molecule has 0 spiro atoms. The Kier molecular flexibility index (Phi) is 5.61. The Morgan fingerprint density at radius 3 is 2.57 bits per heavy atom. The average molecular weight is 426 g/mol. The second-order valence-electron chi connectivity index (χ2n) is 6.90. The summed E-state index contributed by atoms with van der Waals surface area (Å²) in [5.74, 6) is 0.929. The quantitative estimate of drug-likeness (QED) is 0.628. The molecule has 0 unspecified atom stereocenters. The number of benzene rings is 3. The summed E-state index contributed by atoms with van der Waals surface area (Å²) in [6, 6.07) is 17.9. The number of nitrogens with one attached hydrogen (secondary N) is 1. The molecule has 4 rings (SSSR count). The molecule has 8 heteroatoms. The Morgan fingerprint density at radius 2 is 1.77 bits per heavy atom. The van der Waals surface area contributed by atoms with Crippen molar-refractivity contribution in [2.24, 2.45) is 0 Å². The van der Waals surface area contributed by atoms with Gasteiger partial charge in [0, 0.05) is 13.1 Å². The van der Waals surface area contributed by atoms with Crippen LogP contribution in [0.4, 0.5) is 0 Å². The van der Waals surface area contributed by atoms with E-state index in [1.165, 1.54) is 4.31 Å². The van der Waals surface area contributed by atoms with Crippen molar-refractivity contribution in [3.05, 3.63) is 66.2 Å². The predicted molar refractivity (Wildman–Crippen MR) is 113 cm³/mol. The van der Waals surface area contributed by atoms with E-state index >= 15 is 0 Å². The van der Waals surface area contributed by atoms with Crippen LogP contribution in [0.1, 0.15) is 12.5 Å². The topological polar surface area (TPSA) is 84.9 Å². The normalized spacial score (nSPS) is 13.0. The van der Waals surface area contributed by atoms with Gasteiger partial charge in [-0.1, -0.05) is 43.3 Å². The highest BCUT2D eigenvalue weighted by molar-refractivity contribution is 7.89. The highest BCUT2D eigenvalue weighted by Gasteiger charge is 2.25. The zero-order valence-electron chi connectivity index (χ0n) is 16.5. The van der Waals surface area contributed by atoms with E-state index in [9.17, 15) is 13.2 Å². The van der Waals surface area contributed by atoms with Crippen LogP contribution in [0.25, 0.3) is 10.8 Å². The molecule has 1 N–H and O–H groups in total. The smallest absolute Gasteiger partial charge is 0.243 e. The molecule has 0 atom stereocenters. The van der Waals surface area contributed by atoms with Crippen molar-refractivity contribution >= 4 is 26.7 Å². The van der Waals surface area contributed by atoms with Gasteiger partial charge in [-0.25, -0.2) is 8.42 Å². The number of carbonyl (C=O) groups is 1. The molecule has 0 aromatic heterocycles. The maximum Gasteiger partial charge on any atom is 0.243 e. The number of rotatable bonds is 7. The monoisotopic (exact) mass is 426 g/mol. The number of amides is 1. The van der Waals surface area contributed by atoms with E-state index < -0.39 is 10.0 Å². The minimum absolute atomic E-state index is 0.173. The van der Waals surface area contributed by atoms with Crippen LogP contribution < -0.4 is 14.8 Å². The third-order valence-corrected chi connectivity index (χ3v) is 6.87. The largest absolute Gasteiger partial charge is 0.454 e. The Morgan fingerprint density at radius 1 is 1.00 bits per heavy atom. The summed E-state index contributed by atoms with van der Waals surface area (Å²) >= 11 is 0. The molecular formula is C22H22N2O5S. The van der Waals surface area contributed by atoms with Crippen molar-refractivity contribution in [2.45, 2.75) is 18.4 Å². The minimum Gasteiger partial charge on any atom is -0.454 e. The number of carbonyl (C=O) groups excluding carboxylic acids is 1. The number of sulfonamides is 1. The van der Waals surface area contributed by atoms with Crippen molar-refractivity contribution in [3.8, 4) is 11.5 Å². The van der Waals surface area contributed by atoms with Gasteiger partial charge >= 0.3 is 0 Å². The summed E-state index contributed by atoms with van der Waals surface area (Å²) in [6.45, 7) is 2.10. The fraction of sp³-hybridized carbons (Fsp3) is 0.227. The highest BCUT2D eigenvalue weighted by Crippen LogP contribution is 2.32. The summed E-state index contributed by atoms with van der Waals surface area (Å²) in [5.41, 5.74) is 0.841. The second-order valence-corrected chi connectivity index (χ2v) is 8.84. The van der Waals surface area contributed by atoms with E-state index in [4.69, 9.17) is 9.47 Å². The lowest BCUT2D eigenvalue weighted by atomic mass is 10.1. The van der Waals surface area contributed by atoms with Crippen molar-refractivity contribution in [3.63, 3.8) is 0 Å². The van der Waals surface area contributed by atoms with Gasteiger partial charge < -0.3 is 14.8 Å². The molecule has 0 saturated carbocycles. The van der Waals surface area contributed by atoms with Crippen LogP contribution >= 0.6 is 0 Å². The molecule has 30 heavy (non-hydrogen) atoms. The Hall–Kier alpha value is -3.10. The molecule has 0 fully saturated rings. The van der Waals surface area contributed by atoms with Gasteiger partial charge in [-0.2, -0.15) is 4.31 Å². The van der Waals surface area contributed by atoms with E-state index in [1.54, 1.807) is 37.3 Å². The van der Waals surface area contributed by atoms with Gasteiger partial charge in [-0.3, -0.25) is 4.79 Å². The first-order chi connectivity index (χ1) is 14.5. The average Bonchev–Trinajstić information content (AvgIpc) is 3.23. The first kappa shape index (κ1) is 20.2. The van der Waals surface area contributed by atoms with Gasteiger partial charge in [0.05, 0.1) is 11.4 Å². The predicted octanol–water partition coefficient (Wildman–Crippen LogP) is 2.90. The van der Waals surface area contributed by atoms with E-state index in [0.29, 0.717) is 11.5 Å². The van der Waals surface area contributed by atoms with E-state index in [2.05, 4.69) is 5.32 Å². The number of hydrogen-bond donors (Lipinski definition) is 1. The van der Waals surface area contributed by atoms with Gasteiger partial charge in [0.15, 0.2) is 11.5 Å². The highest BCUT2D eigenvalue weighted by atomic mass is 32.2. The van der Waals surface area contributed by atoms with Crippen LogP contribution in [0.15, 0.2) is 65.6 Å². The molecule has 0 aliphatic carbocycles. The summed E-state index contributed by atoms with van der Waals surface area (Å²) in [5, 5.41) is 4.56. The van der Waals surface area contributed by atoms with Crippen LogP contribution in [0.5, 0.6) is 11.5 Å². The van der Waals surface area contributed by atoms with Crippen molar-refractivity contribution in [2.75, 3.05) is 19.9 Å². The lowest BCUT2D eigenvalue weighted by Gasteiger charge is -2.20. The number of nitrogens with zero attached hydrogens (tertiary/aromatic N) is 1. The van der Waals surface area contributed by atoms with E-state index in [-0.39, 0.29) is 37.2 Å². The van der Waals surface area contributed by atoms with Crippen LogP contribution in [0.3, 0.4) is 0 Å². The van der Waals surface area contributed by atoms with Crippen molar-refractivity contribution in [1.29, 1.82) is 0 Å². The minimum atomic E-state index is -3.79. The maximum atomic E-state index is 13.1. The van der Waals surface area contributed by atoms with Crippen LogP contribution in [0.2, 0.25) is 0 Å². The molecule has 1 amide bonds. The number of fused-ring (bicyclic) bond motifs is 2. The fourth-order valence-corrected chi connectivity index (χ4v) is 4.75. The summed E-state index contributed by atoms with van der Waals surface area (Å²) in [6.07, 6.45) is 0. The molecule has 7 nitrogen and oxygen atoms in total. The Balaban J connectivity index is 1.44. The van der Waals surface area contributed by atoms with Gasteiger partial charge in [-0.15, -0.1) is 0 Å². The molecule has 0 bridgehead atoms. The first-order valence-electron chi connectivity index (χ1n) is 9.61. The third kappa shape index (κ3) is 4.10. The summed E-state index contributed by atoms with van der Waals surface area (Å²) in [7, 11) is -3.79. The molecule has 3 aromatic carbocycles. The molecule has 1 aliphatic rings. The number of hydrogen-bond acceptors (Lipinski definition) is 5. The SMILES string of the molecule is CCN(CC(=O)NCc1ccc2c(c1)OCO2)S(=O)(=O)c1ccc2ccccc2c1. The van der Waals surface area contributed by atoms with Gasteiger partial charge in [0.2, 0.25) is 22.7 Å². The molecule has 0 radical (unpaired) electrons. The fourth-order valence-electron chi connectivity index (χ4n) is 3.31. The van der Waals surface area contributed by atoms with E-state index in [0.717, 1.165) is 16.3 Å². The molecular weight excluding hydrogens is 404 g/mol. The molecule has 3 aromatic rings. The second kappa shape index (κ2) is 8.33. The molecule has 1 aliphatic heterocycles. The Labute approximate surface area is 175 Å². The van der Waals surface area contributed by atoms with Crippen molar-refractivity contribution in [1.82, 2.24) is 9.62 Å². The van der Waals surface area contributed by atoms with Crippen molar-refractivity contribution < 1.29 is 22.7 Å². The molecule has 156 valence electrons. The maximum absolute atomic E-state index is 13.1. The number of likely N-dealkylation sites (N-methyl/N-ethyl adjacent to an activating group) is 1. The van der Waals surface area contributed by atoms with E-state index in [1.807, 2.05) is 30.3 Å². The van der Waals surface area contributed by atoms with Crippen LogP contribution in [-0.4, -0.2) is 38.5 Å². The number of ether oxygens (including phenoxy) is 2. The summed E-state index contributed by atoms with van der Waals surface area (Å²) < 4.78 is 37.9. The zero-order chi connectivity index (χ0) is 21.1. The van der Waals surface area contributed by atoms with Gasteiger partial charge in [0.1, 0.15) is 0 Å². The lowest BCUT2D eigenvalue weighted by molar-refractivity contribution is -0.121.